The van der Waals surface area contributed by atoms with Crippen molar-refractivity contribution in [2.75, 3.05) is 11.4 Å². The van der Waals surface area contributed by atoms with E-state index in [2.05, 4.69) is 133 Å². The van der Waals surface area contributed by atoms with Crippen LogP contribution in [0, 0.1) is 24.7 Å². The van der Waals surface area contributed by atoms with Crippen LogP contribution in [-0.4, -0.2) is 21.0 Å². The molecule has 0 saturated heterocycles. The number of anilines is 1. The predicted molar refractivity (Wildman–Crippen MR) is 166 cm³/mol. The Hall–Kier alpha value is -3.01. The van der Waals surface area contributed by atoms with Crippen molar-refractivity contribution in [1.82, 2.24) is 14.5 Å². The number of nitrogens with zero attached hydrogens (tertiary/aromatic N) is 4. The van der Waals surface area contributed by atoms with E-state index in [9.17, 15) is 0 Å². The Kier molecular flexibility index (Phi) is 6.76. The molecule has 2 aromatic carbocycles. The van der Waals surface area contributed by atoms with Gasteiger partial charge >= 0.3 is 0 Å². The highest BCUT2D eigenvalue weighted by Crippen LogP contribution is 2.55. The van der Waals surface area contributed by atoms with Crippen molar-refractivity contribution in [3.05, 3.63) is 76.2 Å². The number of benzene rings is 2. The average Bonchev–Trinajstić information content (AvgIpc) is 3.35. The van der Waals surface area contributed by atoms with Gasteiger partial charge in [0, 0.05) is 42.4 Å². The van der Waals surface area contributed by atoms with Crippen LogP contribution in [0.25, 0.3) is 17.0 Å². The van der Waals surface area contributed by atoms with E-state index in [-0.39, 0.29) is 17.0 Å². The first-order valence-electron chi connectivity index (χ1n) is 14.8. The Labute approximate surface area is 236 Å². The van der Waals surface area contributed by atoms with Gasteiger partial charge in [0.2, 0.25) is 0 Å². The van der Waals surface area contributed by atoms with Crippen LogP contribution >= 0.6 is 0 Å². The number of aromatic nitrogens is 2. The third kappa shape index (κ3) is 4.81. The van der Waals surface area contributed by atoms with Crippen LogP contribution < -0.4 is 4.90 Å². The van der Waals surface area contributed by atoms with Gasteiger partial charge in [0.05, 0.1) is 11.4 Å². The Morgan fingerprint density at radius 3 is 2.10 bits per heavy atom. The van der Waals surface area contributed by atoms with Gasteiger partial charge in [-0.1, -0.05) is 91.8 Å². The van der Waals surface area contributed by atoms with Gasteiger partial charge in [-0.3, -0.25) is 4.90 Å². The van der Waals surface area contributed by atoms with Crippen LogP contribution in [0.3, 0.4) is 0 Å². The maximum absolute atomic E-state index is 5.56. The molecule has 0 radical (unpaired) electrons. The summed E-state index contributed by atoms with van der Waals surface area (Å²) in [5.74, 6) is 2.74. The Balaban J connectivity index is 1.87. The second-order valence-electron chi connectivity index (χ2n) is 14.4. The number of hydrogen-bond donors (Lipinski definition) is 0. The molecule has 208 valence electrons. The molecular weight excluding hydrogens is 476 g/mol. The zero-order chi connectivity index (χ0) is 28.4. The highest BCUT2D eigenvalue weighted by molar-refractivity contribution is 5.93. The van der Waals surface area contributed by atoms with Gasteiger partial charge in [-0.2, -0.15) is 0 Å². The summed E-state index contributed by atoms with van der Waals surface area (Å²) in [6, 6.07) is 13.6. The van der Waals surface area contributed by atoms with Crippen molar-refractivity contribution in [2.24, 2.45) is 10.8 Å². The first kappa shape index (κ1) is 27.6. The molecule has 3 heterocycles. The van der Waals surface area contributed by atoms with Crippen molar-refractivity contribution < 1.29 is 0 Å². The van der Waals surface area contributed by atoms with Gasteiger partial charge in [0.15, 0.2) is 5.82 Å². The van der Waals surface area contributed by atoms with Crippen molar-refractivity contribution in [2.45, 2.75) is 101 Å². The normalized spacial score (nSPS) is 16.9. The summed E-state index contributed by atoms with van der Waals surface area (Å²) >= 11 is 0. The van der Waals surface area contributed by atoms with Gasteiger partial charge in [0.1, 0.15) is 12.0 Å². The van der Waals surface area contributed by atoms with E-state index in [0.717, 1.165) is 25.3 Å². The van der Waals surface area contributed by atoms with E-state index in [1.807, 2.05) is 0 Å². The fraction of sp³-hybridized carbons (Fsp3) is 0.514. The van der Waals surface area contributed by atoms with E-state index < -0.39 is 0 Å². The summed E-state index contributed by atoms with van der Waals surface area (Å²) in [7, 11) is 0. The molecule has 4 heteroatoms. The molecule has 0 bridgehead atoms. The fourth-order valence-electron chi connectivity index (χ4n) is 6.52. The molecule has 0 N–H and O–H groups in total. The molecular formula is C35H48N4. The molecule has 0 amide bonds. The second kappa shape index (κ2) is 9.57. The van der Waals surface area contributed by atoms with Crippen molar-refractivity contribution in [3.8, 4) is 11.3 Å². The lowest BCUT2D eigenvalue weighted by molar-refractivity contribution is 0.315. The first-order valence-corrected chi connectivity index (χ1v) is 14.8. The summed E-state index contributed by atoms with van der Waals surface area (Å²) in [5.41, 5.74) is 11.0. The third-order valence-corrected chi connectivity index (χ3v) is 8.06. The SMILES string of the molecule is CCN1C=C(c2c(C)cccc2C)N2c3nc(CC(C)(C)C)n(CC(C)(C)C)c3-c3cccc(C(C)C)c3C12. The zero-order valence-electron chi connectivity index (χ0n) is 26.1. The van der Waals surface area contributed by atoms with Gasteiger partial charge < -0.3 is 9.47 Å². The quantitative estimate of drug-likeness (QED) is 0.333. The maximum atomic E-state index is 5.56. The van der Waals surface area contributed by atoms with E-state index in [1.54, 1.807) is 0 Å². The molecule has 0 saturated carbocycles. The minimum atomic E-state index is 0.102. The molecule has 4 nitrogen and oxygen atoms in total. The van der Waals surface area contributed by atoms with Crippen LogP contribution in [0.1, 0.15) is 108 Å². The lowest BCUT2D eigenvalue weighted by Gasteiger charge is -2.40. The molecule has 5 rings (SSSR count). The average molecular weight is 525 g/mol. The number of hydrogen-bond acceptors (Lipinski definition) is 3. The summed E-state index contributed by atoms with van der Waals surface area (Å²) in [5, 5.41) is 0. The van der Waals surface area contributed by atoms with Crippen LogP contribution in [0.5, 0.6) is 0 Å². The summed E-state index contributed by atoms with van der Waals surface area (Å²) in [6.07, 6.45) is 3.45. The molecule has 1 aromatic heterocycles. The first-order chi connectivity index (χ1) is 18.2. The lowest BCUT2D eigenvalue weighted by Crippen LogP contribution is -2.36. The molecule has 0 fully saturated rings. The lowest BCUT2D eigenvalue weighted by atomic mass is 9.86. The van der Waals surface area contributed by atoms with Crippen LogP contribution in [0.2, 0.25) is 0 Å². The Morgan fingerprint density at radius 2 is 1.54 bits per heavy atom. The van der Waals surface area contributed by atoms with Crippen molar-refractivity contribution in [1.29, 1.82) is 0 Å². The van der Waals surface area contributed by atoms with Gasteiger partial charge in [0.25, 0.3) is 0 Å². The monoisotopic (exact) mass is 524 g/mol. The van der Waals surface area contributed by atoms with E-state index in [0.29, 0.717) is 5.92 Å². The Bertz CT molecular complexity index is 1400. The number of aryl methyl sites for hydroxylation is 2. The Morgan fingerprint density at radius 1 is 0.897 bits per heavy atom. The zero-order valence-corrected chi connectivity index (χ0v) is 26.1. The topological polar surface area (TPSA) is 24.3 Å². The highest BCUT2D eigenvalue weighted by atomic mass is 15.4. The standard InChI is InChI=1S/C35H48N4/c1-12-37-20-27(29-23(4)15-13-16-24(29)5)39-32-31(26-18-14-17-25(22(2)3)30(26)33(37)39)38(21-35(9,10)11)28(36-32)19-34(6,7)8/h13-18,20,22,33H,12,19,21H2,1-11H3. The number of rotatable bonds is 5. The number of fused-ring (bicyclic) bond motifs is 6. The third-order valence-electron chi connectivity index (χ3n) is 8.06. The fourth-order valence-corrected chi connectivity index (χ4v) is 6.52. The largest absolute Gasteiger partial charge is 0.352 e. The van der Waals surface area contributed by atoms with Gasteiger partial charge in [-0.25, -0.2) is 4.98 Å². The minimum Gasteiger partial charge on any atom is -0.352 e. The van der Waals surface area contributed by atoms with E-state index in [1.165, 1.54) is 50.6 Å². The van der Waals surface area contributed by atoms with Gasteiger partial charge in [-0.05, 0) is 54.2 Å². The molecule has 1 unspecified atom stereocenters. The van der Waals surface area contributed by atoms with Crippen LogP contribution in [-0.2, 0) is 13.0 Å². The van der Waals surface area contributed by atoms with Crippen molar-refractivity contribution in [3.63, 3.8) is 0 Å². The molecule has 3 aromatic rings. The summed E-state index contributed by atoms with van der Waals surface area (Å²) in [6.45, 7) is 27.3. The van der Waals surface area contributed by atoms with Crippen molar-refractivity contribution >= 4 is 11.5 Å². The smallest absolute Gasteiger partial charge is 0.161 e. The molecule has 2 aliphatic rings. The van der Waals surface area contributed by atoms with E-state index in [4.69, 9.17) is 4.98 Å². The second-order valence-corrected chi connectivity index (χ2v) is 14.4. The summed E-state index contributed by atoms with van der Waals surface area (Å²) < 4.78 is 2.57. The molecule has 0 spiro atoms. The minimum absolute atomic E-state index is 0.102. The molecule has 39 heavy (non-hydrogen) atoms. The molecule has 2 aliphatic heterocycles. The maximum Gasteiger partial charge on any atom is 0.161 e. The van der Waals surface area contributed by atoms with Crippen LogP contribution in [0.15, 0.2) is 42.6 Å². The molecule has 0 aliphatic carbocycles. The van der Waals surface area contributed by atoms with Gasteiger partial charge in [-0.15, -0.1) is 0 Å². The predicted octanol–water partition coefficient (Wildman–Crippen LogP) is 9.08. The number of imidazole rings is 1. The highest BCUT2D eigenvalue weighted by Gasteiger charge is 2.45. The summed E-state index contributed by atoms with van der Waals surface area (Å²) in [4.78, 5) is 10.7. The molecule has 1 atom stereocenters. The van der Waals surface area contributed by atoms with Crippen LogP contribution in [0.4, 0.5) is 5.82 Å². The van der Waals surface area contributed by atoms with E-state index >= 15 is 0 Å².